The van der Waals surface area contributed by atoms with Gasteiger partial charge in [-0.15, -0.1) is 11.6 Å². The first-order chi connectivity index (χ1) is 8.81. The van der Waals surface area contributed by atoms with Crippen LogP contribution in [0.5, 0.6) is 11.5 Å². The van der Waals surface area contributed by atoms with E-state index in [1.165, 1.54) is 0 Å². The topological polar surface area (TPSA) is 64.6 Å². The summed E-state index contributed by atoms with van der Waals surface area (Å²) in [4.78, 5) is 0. The molecule has 0 saturated heterocycles. The lowest BCUT2D eigenvalue weighted by molar-refractivity contribution is -0.0431. The van der Waals surface area contributed by atoms with E-state index in [-0.39, 0.29) is 5.75 Å². The van der Waals surface area contributed by atoms with E-state index in [4.69, 9.17) is 21.1 Å². The average Bonchev–Trinajstić information content (AvgIpc) is 2.59. The zero-order valence-corrected chi connectivity index (χ0v) is 12.3. The zero-order valence-electron chi connectivity index (χ0n) is 10.8. The van der Waals surface area contributed by atoms with Crippen LogP contribution in [-0.2, 0) is 10.0 Å². The number of sulfonamides is 1. The fourth-order valence-electron chi connectivity index (χ4n) is 1.76. The van der Waals surface area contributed by atoms with Crippen molar-refractivity contribution in [3.8, 4) is 11.5 Å². The van der Waals surface area contributed by atoms with Crippen molar-refractivity contribution < 1.29 is 17.9 Å². The fraction of sp³-hybridized carbons (Fsp3) is 0.500. The number of halogens is 1. The fourth-order valence-corrected chi connectivity index (χ4v) is 3.17. The monoisotopic (exact) mass is 305 g/mol. The zero-order chi connectivity index (χ0) is 14.1. The van der Waals surface area contributed by atoms with Crippen LogP contribution < -0.4 is 14.2 Å². The number of alkyl halides is 1. The van der Waals surface area contributed by atoms with Gasteiger partial charge in [-0.05, 0) is 18.6 Å². The van der Waals surface area contributed by atoms with Gasteiger partial charge in [0.2, 0.25) is 15.8 Å². The lowest BCUT2D eigenvalue weighted by Gasteiger charge is -2.16. The third-order valence-corrected chi connectivity index (χ3v) is 4.12. The molecule has 106 valence electrons. The minimum Gasteiger partial charge on any atom is -0.449 e. The molecular formula is C12H16ClNO4S. The Morgan fingerprint density at radius 2 is 1.95 bits per heavy atom. The van der Waals surface area contributed by atoms with E-state index in [9.17, 15) is 8.42 Å². The van der Waals surface area contributed by atoms with Gasteiger partial charge in [-0.25, -0.2) is 8.42 Å². The predicted molar refractivity (Wildman–Crippen MR) is 74.5 cm³/mol. The summed E-state index contributed by atoms with van der Waals surface area (Å²) in [5.74, 6) is 0.724. The standard InChI is InChI=1S/C12H16ClNO4S/c1-12(2)17-10-5-4-9(8-11(10)18-12)14-19(15,16)7-3-6-13/h4-5,8,14H,3,6-7H2,1-2H3. The molecule has 1 aliphatic heterocycles. The van der Waals surface area contributed by atoms with E-state index in [0.29, 0.717) is 29.5 Å². The number of ether oxygens (including phenoxy) is 2. The minimum atomic E-state index is -3.37. The molecule has 0 radical (unpaired) electrons. The van der Waals surface area contributed by atoms with Gasteiger partial charge in [0.25, 0.3) is 0 Å². The number of anilines is 1. The second-order valence-electron chi connectivity index (χ2n) is 4.73. The molecule has 1 N–H and O–H groups in total. The van der Waals surface area contributed by atoms with Crippen LogP contribution in [-0.4, -0.2) is 25.8 Å². The molecule has 0 aromatic heterocycles. The van der Waals surface area contributed by atoms with Crippen LogP contribution in [0.1, 0.15) is 20.3 Å². The predicted octanol–water partition coefficient (Wildman–Crippen LogP) is 2.56. The molecule has 1 aromatic rings. The van der Waals surface area contributed by atoms with Crippen molar-refractivity contribution in [3.05, 3.63) is 18.2 Å². The Labute approximate surface area is 117 Å². The minimum absolute atomic E-state index is 0.00354. The number of benzene rings is 1. The van der Waals surface area contributed by atoms with Crippen LogP contribution in [0.3, 0.4) is 0 Å². The van der Waals surface area contributed by atoms with Crippen molar-refractivity contribution >= 4 is 27.3 Å². The van der Waals surface area contributed by atoms with Gasteiger partial charge < -0.3 is 9.47 Å². The lowest BCUT2D eigenvalue weighted by Crippen LogP contribution is -2.29. The van der Waals surface area contributed by atoms with E-state index in [1.807, 2.05) is 0 Å². The molecule has 7 heteroatoms. The molecule has 0 fully saturated rings. The number of nitrogens with one attached hydrogen (secondary N) is 1. The quantitative estimate of drug-likeness (QED) is 0.849. The van der Waals surface area contributed by atoms with E-state index < -0.39 is 15.8 Å². The van der Waals surface area contributed by atoms with Crippen LogP contribution >= 0.6 is 11.6 Å². The van der Waals surface area contributed by atoms with Gasteiger partial charge in [-0.3, -0.25) is 4.72 Å². The van der Waals surface area contributed by atoms with E-state index in [2.05, 4.69) is 4.72 Å². The molecule has 1 aliphatic rings. The van der Waals surface area contributed by atoms with Crippen LogP contribution in [0.4, 0.5) is 5.69 Å². The highest BCUT2D eigenvalue weighted by atomic mass is 35.5. The molecule has 5 nitrogen and oxygen atoms in total. The van der Waals surface area contributed by atoms with E-state index in [0.717, 1.165) is 0 Å². The molecular weight excluding hydrogens is 290 g/mol. The summed E-state index contributed by atoms with van der Waals surface area (Å²) in [5, 5.41) is 0. The first-order valence-corrected chi connectivity index (χ1v) is 8.08. The lowest BCUT2D eigenvalue weighted by atomic mass is 10.3. The Bertz CT molecular complexity index is 571. The molecule has 0 saturated carbocycles. The summed E-state index contributed by atoms with van der Waals surface area (Å²) in [6.07, 6.45) is 0.411. The van der Waals surface area contributed by atoms with Crippen molar-refractivity contribution in [3.63, 3.8) is 0 Å². The van der Waals surface area contributed by atoms with Gasteiger partial charge in [0, 0.05) is 25.8 Å². The molecule has 19 heavy (non-hydrogen) atoms. The summed E-state index contributed by atoms with van der Waals surface area (Å²) in [7, 11) is -3.37. The maximum Gasteiger partial charge on any atom is 0.246 e. The first kappa shape index (κ1) is 14.3. The van der Waals surface area contributed by atoms with Crippen LogP contribution in [0.15, 0.2) is 18.2 Å². The van der Waals surface area contributed by atoms with Crippen LogP contribution in [0, 0.1) is 0 Å². The number of hydrogen-bond donors (Lipinski definition) is 1. The molecule has 0 amide bonds. The molecule has 1 aromatic carbocycles. The Balaban J connectivity index is 2.12. The Morgan fingerprint density at radius 3 is 2.63 bits per heavy atom. The smallest absolute Gasteiger partial charge is 0.246 e. The molecule has 2 rings (SSSR count). The highest BCUT2D eigenvalue weighted by Gasteiger charge is 2.31. The van der Waals surface area contributed by atoms with Crippen LogP contribution in [0.2, 0.25) is 0 Å². The highest BCUT2D eigenvalue weighted by Crippen LogP contribution is 2.40. The van der Waals surface area contributed by atoms with Crippen molar-refractivity contribution in [1.82, 2.24) is 0 Å². The maximum atomic E-state index is 11.7. The van der Waals surface area contributed by atoms with Gasteiger partial charge in [0.1, 0.15) is 0 Å². The van der Waals surface area contributed by atoms with Gasteiger partial charge >= 0.3 is 0 Å². The molecule has 0 unspecified atom stereocenters. The Kier molecular flexibility index (Phi) is 3.82. The summed E-state index contributed by atoms with van der Waals surface area (Å²) < 4.78 is 37.1. The normalized spacial score (nSPS) is 16.4. The largest absolute Gasteiger partial charge is 0.449 e. The number of hydrogen-bond acceptors (Lipinski definition) is 4. The third kappa shape index (κ3) is 3.67. The van der Waals surface area contributed by atoms with Crippen LogP contribution in [0.25, 0.3) is 0 Å². The summed E-state index contributed by atoms with van der Waals surface area (Å²) >= 11 is 5.49. The van der Waals surface area contributed by atoms with E-state index >= 15 is 0 Å². The second kappa shape index (κ2) is 5.09. The van der Waals surface area contributed by atoms with Crippen molar-refractivity contribution in [2.75, 3.05) is 16.4 Å². The first-order valence-electron chi connectivity index (χ1n) is 5.90. The summed E-state index contributed by atoms with van der Waals surface area (Å²) in [6.45, 7) is 3.58. The van der Waals surface area contributed by atoms with Gasteiger partial charge in [0.15, 0.2) is 11.5 Å². The molecule has 0 bridgehead atoms. The van der Waals surface area contributed by atoms with Gasteiger partial charge in [-0.1, -0.05) is 0 Å². The van der Waals surface area contributed by atoms with Crippen molar-refractivity contribution in [1.29, 1.82) is 0 Å². The Morgan fingerprint density at radius 1 is 1.26 bits per heavy atom. The van der Waals surface area contributed by atoms with Gasteiger partial charge in [0.05, 0.1) is 11.4 Å². The highest BCUT2D eigenvalue weighted by molar-refractivity contribution is 7.92. The maximum absolute atomic E-state index is 11.7. The van der Waals surface area contributed by atoms with Crippen molar-refractivity contribution in [2.45, 2.75) is 26.1 Å². The van der Waals surface area contributed by atoms with E-state index in [1.54, 1.807) is 32.0 Å². The summed E-state index contributed by atoms with van der Waals surface area (Å²) in [6, 6.07) is 4.94. The second-order valence-corrected chi connectivity index (χ2v) is 6.95. The molecule has 0 aliphatic carbocycles. The average molecular weight is 306 g/mol. The van der Waals surface area contributed by atoms with Crippen molar-refractivity contribution in [2.24, 2.45) is 0 Å². The Hall–Kier alpha value is -1.14. The molecule has 1 heterocycles. The number of rotatable bonds is 5. The SMILES string of the molecule is CC1(C)Oc2ccc(NS(=O)(=O)CCCCl)cc2O1. The molecule has 0 atom stereocenters. The third-order valence-electron chi connectivity index (χ3n) is 2.48. The molecule has 0 spiro atoms. The summed E-state index contributed by atoms with van der Waals surface area (Å²) in [5.41, 5.74) is 0.453. The van der Waals surface area contributed by atoms with Gasteiger partial charge in [-0.2, -0.15) is 0 Å². The number of fused-ring (bicyclic) bond motifs is 1.